The van der Waals surface area contributed by atoms with E-state index >= 15 is 0 Å². The molecule has 0 unspecified atom stereocenters. The molecule has 3 aromatic carbocycles. The van der Waals surface area contributed by atoms with Crippen molar-refractivity contribution >= 4 is 33.1 Å². The number of hydrogen-bond donors (Lipinski definition) is 0. The quantitative estimate of drug-likeness (QED) is 0.300. The molecular formula is C28H23N3O. The molecule has 0 spiro atoms. The molecule has 3 heterocycles. The first-order valence-corrected chi connectivity index (χ1v) is 10.8. The molecule has 0 N–H and O–H groups in total. The van der Waals surface area contributed by atoms with Crippen molar-refractivity contribution in [2.24, 2.45) is 0 Å². The van der Waals surface area contributed by atoms with Gasteiger partial charge in [-0.1, -0.05) is 56.3 Å². The number of nitrogens with zero attached hydrogens (tertiary/aromatic N) is 3. The summed E-state index contributed by atoms with van der Waals surface area (Å²) in [5, 5.41) is 2.07. The number of furan rings is 1. The summed E-state index contributed by atoms with van der Waals surface area (Å²) >= 11 is 0. The van der Waals surface area contributed by atoms with Crippen LogP contribution in [-0.2, 0) is 0 Å². The predicted octanol–water partition coefficient (Wildman–Crippen LogP) is 7.42. The minimum atomic E-state index is -0.694. The zero-order valence-corrected chi connectivity index (χ0v) is 18.3. The Hall–Kier alpha value is -3.92. The summed E-state index contributed by atoms with van der Waals surface area (Å²) in [6.45, 7) is 5.82. The van der Waals surface area contributed by atoms with E-state index < -0.39 is 5.89 Å². The zero-order valence-electron chi connectivity index (χ0n) is 19.3. The van der Waals surface area contributed by atoms with Crippen LogP contribution < -0.4 is 0 Å². The van der Waals surface area contributed by atoms with Gasteiger partial charge in [0, 0.05) is 24.0 Å². The molecule has 0 saturated heterocycles. The van der Waals surface area contributed by atoms with Crippen LogP contribution in [0, 0.1) is 6.92 Å². The number of imidazole rings is 1. The lowest BCUT2D eigenvalue weighted by atomic mass is 10.0. The largest absolute Gasteiger partial charge is 0.455 e. The van der Waals surface area contributed by atoms with Crippen LogP contribution in [0.4, 0.5) is 0 Å². The Morgan fingerprint density at radius 2 is 1.78 bits per heavy atom. The normalized spacial score (nSPS) is 12.7. The van der Waals surface area contributed by atoms with Gasteiger partial charge < -0.3 is 4.42 Å². The Morgan fingerprint density at radius 3 is 2.59 bits per heavy atom. The number of benzene rings is 3. The Kier molecular flexibility index (Phi) is 3.91. The maximum Gasteiger partial charge on any atom is 0.178 e. The van der Waals surface area contributed by atoms with E-state index in [1.807, 2.05) is 69.4 Å². The Balaban J connectivity index is 1.68. The van der Waals surface area contributed by atoms with Crippen molar-refractivity contribution in [2.45, 2.75) is 26.7 Å². The molecule has 0 atom stereocenters. The third-order valence-electron chi connectivity index (χ3n) is 5.98. The van der Waals surface area contributed by atoms with E-state index in [1.54, 1.807) is 0 Å². The maximum atomic E-state index is 8.40. The number of aryl methyl sites for hydroxylation is 1. The van der Waals surface area contributed by atoms with Crippen LogP contribution in [0.1, 0.15) is 32.2 Å². The molecule has 156 valence electrons. The second-order valence-corrected chi connectivity index (χ2v) is 8.46. The van der Waals surface area contributed by atoms with E-state index in [9.17, 15) is 0 Å². The van der Waals surface area contributed by atoms with Crippen LogP contribution in [0.15, 0.2) is 83.4 Å². The summed E-state index contributed by atoms with van der Waals surface area (Å²) in [5.74, 6) is 0.0980. The average Bonchev–Trinajstić information content (AvgIpc) is 3.36. The number of rotatable bonds is 3. The maximum absolute atomic E-state index is 8.40. The van der Waals surface area contributed by atoms with Crippen LogP contribution in [0.25, 0.3) is 50.2 Å². The van der Waals surface area contributed by atoms with Crippen molar-refractivity contribution in [3.63, 3.8) is 0 Å². The molecule has 0 radical (unpaired) electrons. The molecule has 4 heteroatoms. The fourth-order valence-electron chi connectivity index (χ4n) is 4.37. The van der Waals surface area contributed by atoms with Gasteiger partial charge in [0.25, 0.3) is 0 Å². The number of hydrogen-bond acceptors (Lipinski definition) is 3. The van der Waals surface area contributed by atoms with Gasteiger partial charge in [-0.2, -0.15) is 0 Å². The fourth-order valence-corrected chi connectivity index (χ4v) is 4.37. The first kappa shape index (κ1) is 17.7. The SMILES string of the molecule is [2H]C(C)(C)c1ccc2c(c1)oc1c(-c3nc4ncc(C)cc4n3-c3ccccc3)cccc12. The third kappa shape index (κ3) is 2.83. The topological polar surface area (TPSA) is 43.9 Å². The van der Waals surface area contributed by atoms with Crippen LogP contribution in [0.5, 0.6) is 0 Å². The second kappa shape index (κ2) is 7.06. The van der Waals surface area contributed by atoms with Gasteiger partial charge in [-0.3, -0.25) is 4.57 Å². The van der Waals surface area contributed by atoms with Gasteiger partial charge in [-0.25, -0.2) is 9.97 Å². The highest BCUT2D eigenvalue weighted by Gasteiger charge is 2.20. The molecule has 0 bridgehead atoms. The monoisotopic (exact) mass is 418 g/mol. The van der Waals surface area contributed by atoms with E-state index in [0.717, 1.165) is 55.7 Å². The molecular weight excluding hydrogens is 394 g/mol. The standard InChI is InChI=1S/C28H23N3O/c1-17(2)19-12-13-21-22-10-7-11-23(26(22)32-25(21)15-19)28-30-27-24(14-18(3)16-29-27)31(28)20-8-5-4-6-9-20/h4-17H,1-3H3/i17D. The molecule has 0 saturated carbocycles. The van der Waals surface area contributed by atoms with Gasteiger partial charge in [0.1, 0.15) is 11.2 Å². The van der Waals surface area contributed by atoms with Crippen molar-refractivity contribution in [2.75, 3.05) is 0 Å². The summed E-state index contributed by atoms with van der Waals surface area (Å²) in [5.41, 5.74) is 7.17. The van der Waals surface area contributed by atoms with Gasteiger partial charge in [-0.15, -0.1) is 0 Å². The lowest BCUT2D eigenvalue weighted by molar-refractivity contribution is 0.667. The van der Waals surface area contributed by atoms with Gasteiger partial charge >= 0.3 is 0 Å². The smallest absolute Gasteiger partial charge is 0.178 e. The molecule has 3 aromatic heterocycles. The van der Waals surface area contributed by atoms with Crippen LogP contribution in [-0.4, -0.2) is 14.5 Å². The Morgan fingerprint density at radius 1 is 0.938 bits per heavy atom. The van der Waals surface area contributed by atoms with Gasteiger partial charge in [0.2, 0.25) is 0 Å². The molecule has 0 fully saturated rings. The number of aromatic nitrogens is 3. The number of pyridine rings is 1. The van der Waals surface area contributed by atoms with Crippen LogP contribution in [0.2, 0.25) is 0 Å². The van der Waals surface area contributed by atoms with Crippen molar-refractivity contribution in [1.29, 1.82) is 0 Å². The molecule has 6 rings (SSSR count). The van der Waals surface area contributed by atoms with E-state index in [2.05, 4.69) is 39.9 Å². The van der Waals surface area contributed by atoms with Crippen molar-refractivity contribution < 1.29 is 5.79 Å². The molecule has 6 aromatic rings. The van der Waals surface area contributed by atoms with Gasteiger partial charge in [-0.05, 0) is 54.3 Å². The van der Waals surface area contributed by atoms with Crippen molar-refractivity contribution in [3.8, 4) is 17.1 Å². The highest BCUT2D eigenvalue weighted by molar-refractivity contribution is 6.09. The molecule has 4 nitrogen and oxygen atoms in total. The minimum Gasteiger partial charge on any atom is -0.455 e. The Labute approximate surface area is 187 Å². The minimum absolute atomic E-state index is 0.694. The number of fused-ring (bicyclic) bond motifs is 4. The van der Waals surface area contributed by atoms with E-state index in [0.29, 0.717) is 5.65 Å². The average molecular weight is 419 g/mol. The summed E-state index contributed by atoms with van der Waals surface area (Å²) in [6, 6.07) is 24.6. The van der Waals surface area contributed by atoms with Gasteiger partial charge in [0.15, 0.2) is 11.5 Å². The van der Waals surface area contributed by atoms with Crippen molar-refractivity contribution in [3.05, 3.63) is 90.1 Å². The van der Waals surface area contributed by atoms with E-state index in [-0.39, 0.29) is 0 Å². The second-order valence-electron chi connectivity index (χ2n) is 8.46. The summed E-state index contributed by atoms with van der Waals surface area (Å²) in [6.07, 6.45) is 1.85. The Bertz CT molecular complexity index is 1660. The highest BCUT2D eigenvalue weighted by atomic mass is 16.3. The lowest BCUT2D eigenvalue weighted by Gasteiger charge is -2.10. The first-order valence-electron chi connectivity index (χ1n) is 11.3. The lowest BCUT2D eigenvalue weighted by Crippen LogP contribution is -1.97. The first-order chi connectivity index (χ1) is 15.9. The van der Waals surface area contributed by atoms with Crippen LogP contribution in [0.3, 0.4) is 0 Å². The highest BCUT2D eigenvalue weighted by Crippen LogP contribution is 2.38. The molecule has 0 aliphatic heterocycles. The summed E-state index contributed by atoms with van der Waals surface area (Å²) in [7, 11) is 0. The van der Waals surface area contributed by atoms with E-state index in [1.165, 1.54) is 0 Å². The molecule has 0 amide bonds. The molecule has 0 aliphatic rings. The van der Waals surface area contributed by atoms with Crippen LogP contribution >= 0.6 is 0 Å². The van der Waals surface area contributed by atoms with Gasteiger partial charge in [0.05, 0.1) is 11.1 Å². The third-order valence-corrected chi connectivity index (χ3v) is 5.98. The van der Waals surface area contributed by atoms with E-state index in [4.69, 9.17) is 10.8 Å². The predicted molar refractivity (Wildman–Crippen MR) is 130 cm³/mol. The molecule has 0 aliphatic carbocycles. The van der Waals surface area contributed by atoms with Crippen molar-refractivity contribution in [1.82, 2.24) is 14.5 Å². The summed E-state index contributed by atoms with van der Waals surface area (Å²) < 4.78 is 17.0. The number of para-hydroxylation sites is 2. The zero-order chi connectivity index (χ0) is 22.7. The summed E-state index contributed by atoms with van der Waals surface area (Å²) in [4.78, 5) is 9.53. The molecule has 32 heavy (non-hydrogen) atoms. The fraction of sp³-hybridized carbons (Fsp3) is 0.143.